The van der Waals surface area contributed by atoms with E-state index in [2.05, 4.69) is 20.4 Å². The summed E-state index contributed by atoms with van der Waals surface area (Å²) in [4.78, 5) is 20.5. The van der Waals surface area contributed by atoms with E-state index in [0.717, 1.165) is 22.4 Å². The number of H-pyrrole nitrogens is 1. The number of fused-ring (bicyclic) bond motifs is 1. The van der Waals surface area contributed by atoms with Gasteiger partial charge in [0.05, 0.1) is 16.7 Å². The number of benzene rings is 2. The molecule has 0 saturated heterocycles. The van der Waals surface area contributed by atoms with Crippen LogP contribution in [0.1, 0.15) is 28.7 Å². The lowest BCUT2D eigenvalue weighted by atomic mass is 10.1. The number of anilines is 1. The SMILES string of the molecule is CCc1noc(C)c1C(=O)Nc1cccc(-c2nc3ccccc3[nH]2)c1. The van der Waals surface area contributed by atoms with Crippen molar-refractivity contribution in [3.8, 4) is 11.4 Å². The van der Waals surface area contributed by atoms with Crippen LogP contribution in [0.5, 0.6) is 0 Å². The molecule has 0 aliphatic carbocycles. The second kappa shape index (κ2) is 6.48. The van der Waals surface area contributed by atoms with Gasteiger partial charge in [0.1, 0.15) is 17.1 Å². The van der Waals surface area contributed by atoms with Gasteiger partial charge in [-0.25, -0.2) is 4.98 Å². The van der Waals surface area contributed by atoms with Crippen LogP contribution in [0.3, 0.4) is 0 Å². The Labute approximate surface area is 150 Å². The monoisotopic (exact) mass is 346 g/mol. The van der Waals surface area contributed by atoms with Crippen molar-refractivity contribution in [2.45, 2.75) is 20.3 Å². The quantitative estimate of drug-likeness (QED) is 0.576. The lowest BCUT2D eigenvalue weighted by Gasteiger charge is -2.06. The van der Waals surface area contributed by atoms with Gasteiger partial charge in [0, 0.05) is 11.3 Å². The highest BCUT2D eigenvalue weighted by Crippen LogP contribution is 2.24. The third-order valence-corrected chi connectivity index (χ3v) is 4.28. The molecule has 0 spiro atoms. The molecule has 6 nitrogen and oxygen atoms in total. The summed E-state index contributed by atoms with van der Waals surface area (Å²) in [6, 6.07) is 15.4. The number of hydrogen-bond acceptors (Lipinski definition) is 4. The van der Waals surface area contributed by atoms with Crippen molar-refractivity contribution in [1.82, 2.24) is 15.1 Å². The van der Waals surface area contributed by atoms with E-state index in [0.29, 0.717) is 29.1 Å². The minimum Gasteiger partial charge on any atom is -0.361 e. The first-order valence-electron chi connectivity index (χ1n) is 8.47. The highest BCUT2D eigenvalue weighted by molar-refractivity contribution is 6.05. The molecule has 2 heterocycles. The number of aromatic nitrogens is 3. The Kier molecular flexibility index (Phi) is 4.01. The van der Waals surface area contributed by atoms with E-state index in [9.17, 15) is 4.79 Å². The molecule has 2 N–H and O–H groups in total. The Morgan fingerprint density at radius 1 is 1.19 bits per heavy atom. The zero-order valence-electron chi connectivity index (χ0n) is 14.5. The van der Waals surface area contributed by atoms with Crippen molar-refractivity contribution >= 4 is 22.6 Å². The Morgan fingerprint density at radius 3 is 2.85 bits per heavy atom. The first-order chi connectivity index (χ1) is 12.7. The number of carbonyl (C=O) groups is 1. The highest BCUT2D eigenvalue weighted by atomic mass is 16.5. The summed E-state index contributed by atoms with van der Waals surface area (Å²) in [6.45, 7) is 3.68. The van der Waals surface area contributed by atoms with Gasteiger partial charge < -0.3 is 14.8 Å². The number of para-hydroxylation sites is 2. The average Bonchev–Trinajstić information content (AvgIpc) is 3.25. The van der Waals surface area contributed by atoms with Crippen molar-refractivity contribution in [2.24, 2.45) is 0 Å². The summed E-state index contributed by atoms with van der Waals surface area (Å²) < 4.78 is 5.15. The topological polar surface area (TPSA) is 83.8 Å². The molecule has 0 radical (unpaired) electrons. The van der Waals surface area contributed by atoms with E-state index in [1.54, 1.807) is 6.92 Å². The number of amides is 1. The van der Waals surface area contributed by atoms with Gasteiger partial charge in [-0.3, -0.25) is 4.79 Å². The van der Waals surface area contributed by atoms with Gasteiger partial charge in [-0.15, -0.1) is 0 Å². The predicted molar refractivity (Wildman–Crippen MR) is 100 cm³/mol. The molecule has 2 aromatic heterocycles. The summed E-state index contributed by atoms with van der Waals surface area (Å²) >= 11 is 0. The van der Waals surface area contributed by atoms with Gasteiger partial charge in [0.2, 0.25) is 0 Å². The molecule has 0 aliphatic heterocycles. The van der Waals surface area contributed by atoms with Gasteiger partial charge >= 0.3 is 0 Å². The number of aryl methyl sites for hydroxylation is 2. The van der Waals surface area contributed by atoms with E-state index in [-0.39, 0.29) is 5.91 Å². The maximum absolute atomic E-state index is 12.6. The van der Waals surface area contributed by atoms with Crippen molar-refractivity contribution in [2.75, 3.05) is 5.32 Å². The molecule has 4 rings (SSSR count). The lowest BCUT2D eigenvalue weighted by molar-refractivity contribution is 0.102. The molecular formula is C20H18N4O2. The molecule has 0 saturated carbocycles. The molecule has 0 bridgehead atoms. The largest absolute Gasteiger partial charge is 0.361 e. The number of nitrogens with zero attached hydrogens (tertiary/aromatic N) is 2. The van der Waals surface area contributed by atoms with Gasteiger partial charge in [-0.05, 0) is 37.6 Å². The normalized spacial score (nSPS) is 11.0. The van der Waals surface area contributed by atoms with Crippen LogP contribution >= 0.6 is 0 Å². The van der Waals surface area contributed by atoms with Gasteiger partial charge in [0.25, 0.3) is 5.91 Å². The zero-order chi connectivity index (χ0) is 18.1. The number of rotatable bonds is 4. The van der Waals surface area contributed by atoms with Crippen LogP contribution in [-0.4, -0.2) is 21.0 Å². The maximum atomic E-state index is 12.6. The summed E-state index contributed by atoms with van der Waals surface area (Å²) in [6.07, 6.45) is 0.638. The number of hydrogen-bond donors (Lipinski definition) is 2. The van der Waals surface area contributed by atoms with Crippen LogP contribution in [0, 0.1) is 6.92 Å². The van der Waals surface area contributed by atoms with E-state index in [1.807, 2.05) is 55.5 Å². The molecule has 0 aliphatic rings. The second-order valence-electron chi connectivity index (χ2n) is 6.05. The van der Waals surface area contributed by atoms with Crippen molar-refractivity contribution in [3.05, 3.63) is 65.5 Å². The summed E-state index contributed by atoms with van der Waals surface area (Å²) in [7, 11) is 0. The summed E-state index contributed by atoms with van der Waals surface area (Å²) in [5.41, 5.74) is 4.64. The third kappa shape index (κ3) is 2.86. The highest BCUT2D eigenvalue weighted by Gasteiger charge is 2.19. The number of imidazole rings is 1. The molecule has 0 atom stereocenters. The first kappa shape index (κ1) is 16.1. The summed E-state index contributed by atoms with van der Waals surface area (Å²) in [5.74, 6) is 1.06. The van der Waals surface area contributed by atoms with Crippen LogP contribution < -0.4 is 5.32 Å². The van der Waals surface area contributed by atoms with Gasteiger partial charge in [-0.2, -0.15) is 0 Å². The number of nitrogens with one attached hydrogen (secondary N) is 2. The Morgan fingerprint density at radius 2 is 2.04 bits per heavy atom. The number of carbonyl (C=O) groups excluding carboxylic acids is 1. The lowest BCUT2D eigenvalue weighted by Crippen LogP contribution is -2.14. The van der Waals surface area contributed by atoms with Crippen molar-refractivity contribution in [1.29, 1.82) is 0 Å². The third-order valence-electron chi connectivity index (χ3n) is 4.28. The fourth-order valence-electron chi connectivity index (χ4n) is 2.98. The van der Waals surface area contributed by atoms with Crippen LogP contribution in [0.2, 0.25) is 0 Å². The second-order valence-corrected chi connectivity index (χ2v) is 6.05. The standard InChI is InChI=1S/C20H18N4O2/c1-3-15-18(12(2)26-24-15)20(25)21-14-8-6-7-13(11-14)19-22-16-9-4-5-10-17(16)23-19/h4-11H,3H2,1-2H3,(H,21,25)(H,22,23). The van der Waals surface area contributed by atoms with E-state index in [4.69, 9.17) is 4.52 Å². The molecule has 0 fully saturated rings. The number of aromatic amines is 1. The molecule has 6 heteroatoms. The van der Waals surface area contributed by atoms with Crippen LogP contribution in [0.25, 0.3) is 22.4 Å². The smallest absolute Gasteiger partial charge is 0.261 e. The molecule has 1 amide bonds. The summed E-state index contributed by atoms with van der Waals surface area (Å²) in [5, 5.41) is 6.86. The first-order valence-corrected chi connectivity index (χ1v) is 8.47. The van der Waals surface area contributed by atoms with Gasteiger partial charge in [-0.1, -0.05) is 36.3 Å². The molecule has 26 heavy (non-hydrogen) atoms. The van der Waals surface area contributed by atoms with E-state index < -0.39 is 0 Å². The zero-order valence-corrected chi connectivity index (χ0v) is 14.5. The van der Waals surface area contributed by atoms with Crippen molar-refractivity contribution < 1.29 is 9.32 Å². The maximum Gasteiger partial charge on any atom is 0.261 e. The van der Waals surface area contributed by atoms with Gasteiger partial charge in [0.15, 0.2) is 0 Å². The Balaban J connectivity index is 1.63. The van der Waals surface area contributed by atoms with Crippen molar-refractivity contribution in [3.63, 3.8) is 0 Å². The van der Waals surface area contributed by atoms with Crippen LogP contribution in [0.15, 0.2) is 53.1 Å². The van der Waals surface area contributed by atoms with Crippen LogP contribution in [-0.2, 0) is 6.42 Å². The predicted octanol–water partition coefficient (Wildman–Crippen LogP) is 4.34. The van der Waals surface area contributed by atoms with Crippen LogP contribution in [0.4, 0.5) is 5.69 Å². The Hall–Kier alpha value is -3.41. The minimum atomic E-state index is -0.220. The molecule has 0 unspecified atom stereocenters. The van der Waals surface area contributed by atoms with E-state index in [1.165, 1.54) is 0 Å². The average molecular weight is 346 g/mol. The molecule has 130 valence electrons. The fraction of sp³-hybridized carbons (Fsp3) is 0.150. The van der Waals surface area contributed by atoms with E-state index >= 15 is 0 Å². The minimum absolute atomic E-state index is 0.220. The molecule has 2 aromatic carbocycles. The Bertz CT molecular complexity index is 1060. The fourth-order valence-corrected chi connectivity index (χ4v) is 2.98. The molecular weight excluding hydrogens is 328 g/mol. The molecule has 4 aromatic rings.